The van der Waals surface area contributed by atoms with Crippen LogP contribution >= 0.6 is 22.9 Å². The smallest absolute Gasteiger partial charge is 0.279 e. The molecule has 1 heterocycles. The van der Waals surface area contributed by atoms with E-state index in [0.29, 0.717) is 15.4 Å². The summed E-state index contributed by atoms with van der Waals surface area (Å²) >= 11 is 7.48. The van der Waals surface area contributed by atoms with Crippen LogP contribution in [0.15, 0.2) is 41.4 Å². The minimum absolute atomic E-state index is 0.217. The molecule has 0 aliphatic rings. The third kappa shape index (κ3) is 2.72. The second-order valence-electron chi connectivity index (χ2n) is 5.29. The summed E-state index contributed by atoms with van der Waals surface area (Å²) in [4.78, 5) is 17.4. The van der Waals surface area contributed by atoms with Crippen molar-refractivity contribution in [1.82, 2.24) is 4.57 Å². The van der Waals surface area contributed by atoms with Crippen LogP contribution in [0.1, 0.15) is 21.5 Å². The fraction of sp³-hybridized carbons (Fsp3) is 0.176. The molecule has 3 rings (SSSR count). The lowest BCUT2D eigenvalue weighted by molar-refractivity contribution is 0.0997. The SMILES string of the molecule is Cc1ccc(C(=O)N=c2sc3cc(Cl)ccc3n2C)c(C)c1. The molecule has 0 saturated heterocycles. The minimum atomic E-state index is -0.217. The molecule has 2 aromatic carbocycles. The van der Waals surface area contributed by atoms with Gasteiger partial charge < -0.3 is 4.57 Å². The lowest BCUT2D eigenvalue weighted by Crippen LogP contribution is -2.13. The summed E-state index contributed by atoms with van der Waals surface area (Å²) in [6.07, 6.45) is 0. The van der Waals surface area contributed by atoms with Gasteiger partial charge in [-0.15, -0.1) is 0 Å². The molecule has 0 aliphatic carbocycles. The number of aromatic nitrogens is 1. The highest BCUT2D eigenvalue weighted by atomic mass is 35.5. The van der Waals surface area contributed by atoms with E-state index in [9.17, 15) is 4.79 Å². The number of nitrogens with zero attached hydrogens (tertiary/aromatic N) is 2. The van der Waals surface area contributed by atoms with Crippen LogP contribution in [0, 0.1) is 13.8 Å². The van der Waals surface area contributed by atoms with Crippen molar-refractivity contribution >= 4 is 39.1 Å². The van der Waals surface area contributed by atoms with Gasteiger partial charge in [0.15, 0.2) is 4.80 Å². The van der Waals surface area contributed by atoms with Crippen LogP contribution in [0.4, 0.5) is 0 Å². The molecular formula is C17H15ClN2OS. The summed E-state index contributed by atoms with van der Waals surface area (Å²) < 4.78 is 2.93. The first kappa shape index (κ1) is 15.0. The molecule has 0 atom stereocenters. The quantitative estimate of drug-likeness (QED) is 0.656. The number of fused-ring (bicyclic) bond motifs is 1. The predicted octanol–water partition coefficient (Wildman–Crippen LogP) is 4.25. The number of halogens is 1. The molecule has 1 aromatic heterocycles. The van der Waals surface area contributed by atoms with Crippen molar-refractivity contribution in [3.05, 3.63) is 62.9 Å². The van der Waals surface area contributed by atoms with Gasteiger partial charge in [-0.2, -0.15) is 4.99 Å². The maximum atomic E-state index is 12.4. The summed E-state index contributed by atoms with van der Waals surface area (Å²) in [6.45, 7) is 3.94. The Labute approximate surface area is 137 Å². The summed E-state index contributed by atoms with van der Waals surface area (Å²) in [7, 11) is 1.90. The number of aryl methyl sites for hydroxylation is 3. The van der Waals surface area contributed by atoms with Crippen LogP contribution in [0.2, 0.25) is 5.02 Å². The van der Waals surface area contributed by atoms with Gasteiger partial charge in [0.05, 0.1) is 10.2 Å². The maximum Gasteiger partial charge on any atom is 0.279 e. The van der Waals surface area contributed by atoms with Gasteiger partial charge in [-0.3, -0.25) is 4.79 Å². The Bertz CT molecular complexity index is 953. The van der Waals surface area contributed by atoms with Gasteiger partial charge in [-0.1, -0.05) is 40.6 Å². The molecule has 0 N–H and O–H groups in total. The molecule has 0 unspecified atom stereocenters. The second-order valence-corrected chi connectivity index (χ2v) is 6.74. The zero-order chi connectivity index (χ0) is 15.9. The molecule has 0 saturated carbocycles. The average Bonchev–Trinajstić information content (AvgIpc) is 2.74. The number of hydrogen-bond acceptors (Lipinski definition) is 2. The predicted molar refractivity (Wildman–Crippen MR) is 91.6 cm³/mol. The topological polar surface area (TPSA) is 34.4 Å². The molecular weight excluding hydrogens is 316 g/mol. The van der Waals surface area contributed by atoms with Crippen molar-refractivity contribution in [2.24, 2.45) is 12.0 Å². The van der Waals surface area contributed by atoms with E-state index in [0.717, 1.165) is 21.3 Å². The number of hydrogen-bond donors (Lipinski definition) is 0. The highest BCUT2D eigenvalue weighted by molar-refractivity contribution is 7.16. The normalized spacial score (nSPS) is 12.1. The molecule has 0 fully saturated rings. The van der Waals surface area contributed by atoms with Gasteiger partial charge >= 0.3 is 0 Å². The Balaban J connectivity index is 2.12. The van der Waals surface area contributed by atoms with E-state index in [1.165, 1.54) is 11.3 Å². The summed E-state index contributed by atoms with van der Waals surface area (Å²) in [5, 5.41) is 0.682. The molecule has 0 aliphatic heterocycles. The Hall–Kier alpha value is -1.91. The molecule has 3 aromatic rings. The van der Waals surface area contributed by atoms with E-state index in [-0.39, 0.29) is 5.91 Å². The zero-order valence-corrected chi connectivity index (χ0v) is 14.1. The first-order valence-corrected chi connectivity index (χ1v) is 8.06. The molecule has 22 heavy (non-hydrogen) atoms. The Morgan fingerprint density at radius 3 is 2.68 bits per heavy atom. The minimum Gasteiger partial charge on any atom is -0.319 e. The van der Waals surface area contributed by atoms with Crippen molar-refractivity contribution in [3.63, 3.8) is 0 Å². The van der Waals surface area contributed by atoms with E-state index in [1.54, 1.807) is 0 Å². The molecule has 112 valence electrons. The highest BCUT2D eigenvalue weighted by Crippen LogP contribution is 2.21. The summed E-state index contributed by atoms with van der Waals surface area (Å²) in [5.41, 5.74) is 3.74. The lowest BCUT2D eigenvalue weighted by atomic mass is 10.1. The van der Waals surface area contributed by atoms with Gasteiger partial charge in [0.2, 0.25) is 0 Å². The van der Waals surface area contributed by atoms with E-state index in [1.807, 2.05) is 61.9 Å². The third-order valence-corrected chi connectivity index (χ3v) is 4.91. The number of carbonyl (C=O) groups excluding carboxylic acids is 1. The van der Waals surface area contributed by atoms with Gasteiger partial charge in [0.1, 0.15) is 0 Å². The van der Waals surface area contributed by atoms with Gasteiger partial charge in [-0.25, -0.2) is 0 Å². The molecule has 0 bridgehead atoms. The fourth-order valence-electron chi connectivity index (χ4n) is 2.42. The van der Waals surface area contributed by atoms with Crippen LogP contribution in [-0.4, -0.2) is 10.5 Å². The van der Waals surface area contributed by atoms with Crippen molar-refractivity contribution in [3.8, 4) is 0 Å². The van der Waals surface area contributed by atoms with E-state index in [4.69, 9.17) is 11.6 Å². The van der Waals surface area contributed by atoms with Crippen molar-refractivity contribution in [2.75, 3.05) is 0 Å². The summed E-state index contributed by atoms with van der Waals surface area (Å²) in [5.74, 6) is -0.217. The third-order valence-electron chi connectivity index (χ3n) is 3.58. The molecule has 3 nitrogen and oxygen atoms in total. The van der Waals surface area contributed by atoms with Gasteiger partial charge in [-0.05, 0) is 43.7 Å². The van der Waals surface area contributed by atoms with E-state index in [2.05, 4.69) is 4.99 Å². The lowest BCUT2D eigenvalue weighted by Gasteiger charge is -2.02. The number of benzene rings is 2. The Kier molecular flexibility index (Phi) is 3.89. The highest BCUT2D eigenvalue weighted by Gasteiger charge is 2.10. The van der Waals surface area contributed by atoms with Crippen molar-refractivity contribution < 1.29 is 4.79 Å². The second kappa shape index (κ2) is 5.71. The first-order valence-electron chi connectivity index (χ1n) is 6.87. The van der Waals surface area contributed by atoms with Crippen molar-refractivity contribution in [1.29, 1.82) is 0 Å². The number of thiazole rings is 1. The van der Waals surface area contributed by atoms with Crippen LogP contribution in [-0.2, 0) is 7.05 Å². The van der Waals surface area contributed by atoms with Gasteiger partial charge in [0, 0.05) is 17.6 Å². The van der Waals surface area contributed by atoms with Crippen molar-refractivity contribution in [2.45, 2.75) is 13.8 Å². The van der Waals surface area contributed by atoms with Crippen LogP contribution < -0.4 is 4.80 Å². The monoisotopic (exact) mass is 330 g/mol. The average molecular weight is 331 g/mol. The first-order chi connectivity index (χ1) is 10.5. The Morgan fingerprint density at radius 1 is 1.18 bits per heavy atom. The number of carbonyl (C=O) groups is 1. The standard InChI is InChI=1S/C17H15ClN2OS/c1-10-4-6-13(11(2)8-10)16(21)19-17-20(3)14-7-5-12(18)9-15(14)22-17/h4-9H,1-3H3. The molecule has 0 radical (unpaired) electrons. The van der Waals surface area contributed by atoms with E-state index < -0.39 is 0 Å². The largest absolute Gasteiger partial charge is 0.319 e. The number of amides is 1. The Morgan fingerprint density at radius 2 is 1.95 bits per heavy atom. The van der Waals surface area contributed by atoms with Crippen LogP contribution in [0.5, 0.6) is 0 Å². The van der Waals surface area contributed by atoms with Crippen LogP contribution in [0.25, 0.3) is 10.2 Å². The van der Waals surface area contributed by atoms with Crippen LogP contribution in [0.3, 0.4) is 0 Å². The molecule has 5 heteroatoms. The fourth-order valence-corrected chi connectivity index (χ4v) is 3.71. The van der Waals surface area contributed by atoms with E-state index >= 15 is 0 Å². The van der Waals surface area contributed by atoms with Gasteiger partial charge in [0.25, 0.3) is 5.91 Å². The summed E-state index contributed by atoms with van der Waals surface area (Å²) in [6, 6.07) is 11.4. The zero-order valence-electron chi connectivity index (χ0n) is 12.6. The molecule has 0 spiro atoms. The molecule has 1 amide bonds. The number of rotatable bonds is 1. The maximum absolute atomic E-state index is 12.4.